The fourth-order valence-electron chi connectivity index (χ4n) is 4.60. The average molecular weight is 578 g/mol. The first-order chi connectivity index (χ1) is 20.9. The van der Waals surface area contributed by atoms with Crippen LogP contribution in [0.3, 0.4) is 0 Å². The number of carbonyl (C=O) groups is 2. The summed E-state index contributed by atoms with van der Waals surface area (Å²) in [6, 6.07) is 11.0. The van der Waals surface area contributed by atoms with Crippen LogP contribution in [0.2, 0.25) is 0 Å². The normalized spacial score (nSPS) is 11.6. The maximum absolute atomic E-state index is 12.6. The minimum Gasteiger partial charge on any atom is -0.443 e. The molecule has 0 bridgehead atoms. The summed E-state index contributed by atoms with van der Waals surface area (Å²) in [5.41, 5.74) is 15.7. The van der Waals surface area contributed by atoms with E-state index in [1.165, 1.54) is 12.7 Å². The molecule has 5 aromatic heterocycles. The van der Waals surface area contributed by atoms with Gasteiger partial charge in [0.25, 0.3) is 0 Å². The first-order valence-electron chi connectivity index (χ1n) is 13.5. The van der Waals surface area contributed by atoms with Gasteiger partial charge in [-0.25, -0.2) is 34.9 Å². The summed E-state index contributed by atoms with van der Waals surface area (Å²) in [7, 11) is 0. The van der Waals surface area contributed by atoms with Gasteiger partial charge in [0, 0.05) is 44.6 Å². The van der Waals surface area contributed by atoms with Crippen LogP contribution in [0.5, 0.6) is 0 Å². The third kappa shape index (κ3) is 6.27. The second-order valence-electron chi connectivity index (χ2n) is 9.91. The number of hydrogen-bond donors (Lipinski definition) is 2. The smallest absolute Gasteiger partial charge is 0.218 e. The second kappa shape index (κ2) is 12.0. The van der Waals surface area contributed by atoms with E-state index in [2.05, 4.69) is 34.9 Å². The number of benzene rings is 1. The van der Waals surface area contributed by atoms with Gasteiger partial charge in [0.2, 0.25) is 5.88 Å². The largest absolute Gasteiger partial charge is 0.443 e. The predicted octanol–water partition coefficient (Wildman–Crippen LogP) is 2.88. The van der Waals surface area contributed by atoms with Crippen LogP contribution in [-0.4, -0.2) is 56.8 Å². The van der Waals surface area contributed by atoms with Gasteiger partial charge < -0.3 is 25.0 Å². The third-order valence-electron chi connectivity index (χ3n) is 6.86. The van der Waals surface area contributed by atoms with Crippen molar-refractivity contribution in [3.05, 3.63) is 78.6 Å². The molecule has 0 radical (unpaired) electrons. The number of ketones is 2. The highest BCUT2D eigenvalue weighted by atomic mass is 16.4. The van der Waals surface area contributed by atoms with Gasteiger partial charge in [0.05, 0.1) is 19.1 Å². The quantitative estimate of drug-likeness (QED) is 0.203. The molecule has 0 atom stereocenters. The van der Waals surface area contributed by atoms with E-state index in [1.807, 2.05) is 24.3 Å². The van der Waals surface area contributed by atoms with Crippen molar-refractivity contribution in [2.45, 2.75) is 38.8 Å². The lowest BCUT2D eigenvalue weighted by Crippen LogP contribution is -2.08. The highest BCUT2D eigenvalue weighted by molar-refractivity contribution is 5.85. The zero-order valence-electron chi connectivity index (χ0n) is 23.0. The van der Waals surface area contributed by atoms with Gasteiger partial charge in [-0.1, -0.05) is 24.3 Å². The molecule has 0 aliphatic heterocycles. The zero-order chi connectivity index (χ0) is 29.8. The van der Waals surface area contributed by atoms with Crippen molar-refractivity contribution < 1.29 is 14.0 Å². The SMILES string of the molecule is Nc1ncnc2c1ncn2CCC(=O)Cc1ccc(C=Nc2ccc(CC(=O)CCn3cnc4c(N)ncnc43)o2)cc1. The maximum atomic E-state index is 12.6. The van der Waals surface area contributed by atoms with E-state index < -0.39 is 0 Å². The highest BCUT2D eigenvalue weighted by Crippen LogP contribution is 2.19. The van der Waals surface area contributed by atoms with Gasteiger partial charge in [0.15, 0.2) is 22.9 Å². The van der Waals surface area contributed by atoms with E-state index in [4.69, 9.17) is 15.9 Å². The summed E-state index contributed by atoms with van der Waals surface area (Å²) >= 11 is 0. The highest BCUT2D eigenvalue weighted by Gasteiger charge is 2.12. The third-order valence-corrected chi connectivity index (χ3v) is 6.86. The van der Waals surface area contributed by atoms with Crippen LogP contribution in [0.25, 0.3) is 22.3 Å². The summed E-state index contributed by atoms with van der Waals surface area (Å²) in [5, 5.41) is 0. The number of fused-ring (bicyclic) bond motifs is 2. The summed E-state index contributed by atoms with van der Waals surface area (Å²) in [6.45, 7) is 0.881. The molecule has 14 nitrogen and oxygen atoms in total. The van der Waals surface area contributed by atoms with E-state index >= 15 is 0 Å². The van der Waals surface area contributed by atoms with Crippen LogP contribution in [0.4, 0.5) is 17.5 Å². The van der Waals surface area contributed by atoms with Gasteiger partial charge >= 0.3 is 0 Å². The monoisotopic (exact) mass is 577 g/mol. The molecule has 6 aromatic rings. The number of imidazole rings is 2. The number of nitrogens with two attached hydrogens (primary N) is 2. The number of furan rings is 1. The molecule has 0 amide bonds. The number of nitrogen functional groups attached to an aromatic ring is 2. The molecule has 0 saturated carbocycles. The maximum Gasteiger partial charge on any atom is 0.218 e. The predicted molar refractivity (Wildman–Crippen MR) is 159 cm³/mol. The fraction of sp³-hybridized carbons (Fsp3) is 0.207. The number of aryl methyl sites for hydroxylation is 2. The number of aliphatic imine (C=N–C) groups is 1. The van der Waals surface area contributed by atoms with Crippen LogP contribution in [0.15, 0.2) is 71.1 Å². The Morgan fingerprint density at radius 3 is 1.93 bits per heavy atom. The summed E-state index contributed by atoms with van der Waals surface area (Å²) in [4.78, 5) is 54.2. The summed E-state index contributed by atoms with van der Waals surface area (Å²) in [6.07, 6.45) is 8.75. The Morgan fingerprint density at radius 2 is 1.33 bits per heavy atom. The van der Waals surface area contributed by atoms with Crippen molar-refractivity contribution in [3.8, 4) is 0 Å². The van der Waals surface area contributed by atoms with E-state index in [0.29, 0.717) is 71.5 Å². The molecular formula is C29H27N11O3. The number of hydrogen-bond acceptors (Lipinski definition) is 12. The van der Waals surface area contributed by atoms with E-state index in [0.717, 1.165) is 11.1 Å². The number of carbonyl (C=O) groups excluding carboxylic acids is 2. The lowest BCUT2D eigenvalue weighted by molar-refractivity contribution is -0.119. The van der Waals surface area contributed by atoms with Crippen molar-refractivity contribution in [1.29, 1.82) is 0 Å². The minimum atomic E-state index is 0.0101. The van der Waals surface area contributed by atoms with Crippen molar-refractivity contribution in [3.63, 3.8) is 0 Å². The van der Waals surface area contributed by atoms with Gasteiger partial charge in [-0.2, -0.15) is 0 Å². The van der Waals surface area contributed by atoms with Crippen molar-refractivity contribution >= 4 is 57.6 Å². The number of rotatable bonds is 12. The molecule has 43 heavy (non-hydrogen) atoms. The molecule has 0 aliphatic rings. The molecule has 0 spiro atoms. The number of anilines is 2. The Balaban J connectivity index is 0.970. The number of nitrogens with zero attached hydrogens (tertiary/aromatic N) is 9. The number of aromatic nitrogens is 8. The lowest BCUT2D eigenvalue weighted by Gasteiger charge is -2.04. The standard InChI is InChI=1S/C29H27N11O3/c30-26-24-28(35-14-33-26)39(16-37-24)9-7-20(41)11-18-1-3-19(4-2-18)13-32-23-6-5-22(43-23)12-21(42)8-10-40-17-38-25-27(31)34-15-36-29(25)40/h1-6,13-17H,7-12H2,(H2,30,33,35)(H2,31,34,36). The van der Waals surface area contributed by atoms with Crippen LogP contribution in [0, 0.1) is 0 Å². The van der Waals surface area contributed by atoms with Crippen molar-refractivity contribution in [2.24, 2.45) is 4.99 Å². The van der Waals surface area contributed by atoms with Crippen molar-refractivity contribution in [1.82, 2.24) is 39.0 Å². The fourth-order valence-corrected chi connectivity index (χ4v) is 4.60. The zero-order valence-corrected chi connectivity index (χ0v) is 23.0. The first-order valence-corrected chi connectivity index (χ1v) is 13.5. The number of Topliss-reactive ketones (excluding diaryl/α,β-unsaturated/α-hetero) is 2. The Bertz CT molecular complexity index is 1950. The molecule has 5 heterocycles. The molecule has 14 heteroatoms. The topological polar surface area (TPSA) is 199 Å². The minimum absolute atomic E-state index is 0.0101. The molecule has 0 saturated heterocycles. The molecule has 216 valence electrons. The molecule has 0 fully saturated rings. The van der Waals surface area contributed by atoms with Gasteiger partial charge in [-0.15, -0.1) is 0 Å². The van der Waals surface area contributed by atoms with Crippen LogP contribution in [-0.2, 0) is 35.5 Å². The summed E-state index contributed by atoms with van der Waals surface area (Å²) < 4.78 is 9.31. The molecular weight excluding hydrogens is 550 g/mol. The molecule has 4 N–H and O–H groups in total. The first kappa shape index (κ1) is 27.4. The molecule has 1 aromatic carbocycles. The Kier molecular flexibility index (Phi) is 7.63. The Hall–Kier alpha value is -5.79. The van der Waals surface area contributed by atoms with Crippen molar-refractivity contribution in [2.75, 3.05) is 11.5 Å². The van der Waals surface area contributed by atoms with E-state index in [9.17, 15) is 9.59 Å². The van der Waals surface area contributed by atoms with E-state index in [1.54, 1.807) is 40.1 Å². The van der Waals surface area contributed by atoms with Gasteiger partial charge in [-0.3, -0.25) is 9.59 Å². The van der Waals surface area contributed by atoms with Crippen LogP contribution in [0.1, 0.15) is 29.7 Å². The van der Waals surface area contributed by atoms with Gasteiger partial charge in [-0.05, 0) is 17.2 Å². The van der Waals surface area contributed by atoms with E-state index in [-0.39, 0.29) is 24.4 Å². The Morgan fingerprint density at radius 1 is 0.744 bits per heavy atom. The van der Waals surface area contributed by atoms with Crippen LogP contribution < -0.4 is 11.5 Å². The molecule has 6 rings (SSSR count). The lowest BCUT2D eigenvalue weighted by atomic mass is 10.1. The van der Waals surface area contributed by atoms with Crippen LogP contribution >= 0.6 is 0 Å². The molecule has 0 unspecified atom stereocenters. The second-order valence-corrected chi connectivity index (χ2v) is 9.91. The van der Waals surface area contributed by atoms with Gasteiger partial charge in [0.1, 0.15) is 41.0 Å². The summed E-state index contributed by atoms with van der Waals surface area (Å²) in [5.74, 6) is 1.66. The molecule has 0 aliphatic carbocycles. The average Bonchev–Trinajstić information content (AvgIpc) is 3.74. The Labute approximate surface area is 244 Å².